The highest BCUT2D eigenvalue weighted by Gasteiger charge is 2.22. The lowest BCUT2D eigenvalue weighted by atomic mass is 9.97. The molecule has 1 aromatic carbocycles. The van der Waals surface area contributed by atoms with Gasteiger partial charge in [0.1, 0.15) is 5.60 Å². The molecule has 2 bridgehead atoms. The van der Waals surface area contributed by atoms with Gasteiger partial charge in [-0.2, -0.15) is 5.26 Å². The third-order valence-electron chi connectivity index (χ3n) is 4.78. The number of ether oxygens (including phenoxy) is 1. The molecule has 2 atom stereocenters. The molecule has 7 nitrogen and oxygen atoms in total. The van der Waals surface area contributed by atoms with Crippen LogP contribution in [0.1, 0.15) is 51.3 Å². The Kier molecular flexibility index (Phi) is 6.40. The first-order valence-electron chi connectivity index (χ1n) is 10.1. The summed E-state index contributed by atoms with van der Waals surface area (Å²) in [5.41, 5.74) is 2.70. The van der Waals surface area contributed by atoms with Gasteiger partial charge in [0.15, 0.2) is 0 Å². The second-order valence-corrected chi connectivity index (χ2v) is 8.52. The van der Waals surface area contributed by atoms with Gasteiger partial charge in [0, 0.05) is 29.2 Å². The Labute approximate surface area is 182 Å². The van der Waals surface area contributed by atoms with E-state index in [0.717, 1.165) is 16.7 Å². The van der Waals surface area contributed by atoms with Gasteiger partial charge in [0.2, 0.25) is 5.91 Å². The Bertz CT molecular complexity index is 1060. The molecule has 2 aromatic rings. The lowest BCUT2D eigenvalue weighted by Gasteiger charge is -2.24. The van der Waals surface area contributed by atoms with Crippen LogP contribution in [-0.4, -0.2) is 22.6 Å². The van der Waals surface area contributed by atoms with Crippen molar-refractivity contribution in [2.24, 2.45) is 5.92 Å². The third-order valence-corrected chi connectivity index (χ3v) is 4.78. The van der Waals surface area contributed by atoms with Crippen LogP contribution in [0.2, 0.25) is 0 Å². The zero-order valence-electron chi connectivity index (χ0n) is 18.1. The molecule has 0 saturated carbocycles. The number of nitrogens with one attached hydrogen (secondary N) is 2. The van der Waals surface area contributed by atoms with E-state index in [1.807, 2.05) is 32.9 Å². The van der Waals surface area contributed by atoms with Gasteiger partial charge in [-0.3, -0.25) is 9.78 Å². The Morgan fingerprint density at radius 2 is 2.06 bits per heavy atom. The molecule has 160 valence electrons. The van der Waals surface area contributed by atoms with Gasteiger partial charge in [0.25, 0.3) is 0 Å². The number of carbonyl (C=O) groups excluding carboxylic acids is 2. The molecule has 3 rings (SSSR count). The minimum Gasteiger partial charge on any atom is -0.444 e. The number of pyridine rings is 1. The van der Waals surface area contributed by atoms with Gasteiger partial charge in [-0.05, 0) is 51.0 Å². The number of amides is 2. The van der Waals surface area contributed by atoms with Crippen molar-refractivity contribution in [1.29, 1.82) is 5.26 Å². The Morgan fingerprint density at radius 1 is 1.29 bits per heavy atom. The van der Waals surface area contributed by atoms with Crippen molar-refractivity contribution < 1.29 is 14.3 Å². The van der Waals surface area contributed by atoms with Crippen LogP contribution in [0.5, 0.6) is 0 Å². The number of carbonyl (C=O) groups is 2. The monoisotopic (exact) mass is 418 g/mol. The van der Waals surface area contributed by atoms with Gasteiger partial charge in [-0.15, -0.1) is 0 Å². The number of aromatic nitrogens is 1. The van der Waals surface area contributed by atoms with Crippen molar-refractivity contribution in [2.75, 3.05) is 5.32 Å². The summed E-state index contributed by atoms with van der Waals surface area (Å²) >= 11 is 0. The molecule has 2 N–H and O–H groups in total. The van der Waals surface area contributed by atoms with Crippen LogP contribution in [0.4, 0.5) is 10.5 Å². The predicted octanol–water partition coefficient (Wildman–Crippen LogP) is 4.72. The molecule has 1 aliphatic heterocycles. The highest BCUT2D eigenvalue weighted by Crippen LogP contribution is 2.32. The maximum atomic E-state index is 12.7. The maximum Gasteiger partial charge on any atom is 0.408 e. The Balaban J connectivity index is 2.06. The van der Waals surface area contributed by atoms with Crippen LogP contribution in [0.3, 0.4) is 0 Å². The number of alkyl carbamates (subject to hydrolysis) is 1. The molecule has 1 aliphatic rings. The fraction of sp³-hybridized carbons (Fsp3) is 0.333. The minimum atomic E-state index is -0.616. The molecule has 2 heterocycles. The van der Waals surface area contributed by atoms with Crippen molar-refractivity contribution in [3.8, 4) is 17.2 Å². The summed E-state index contributed by atoms with van der Waals surface area (Å²) in [7, 11) is 0. The van der Waals surface area contributed by atoms with E-state index in [2.05, 4.69) is 21.7 Å². The minimum absolute atomic E-state index is 0.186. The number of nitriles is 1. The number of anilines is 1. The van der Waals surface area contributed by atoms with Crippen molar-refractivity contribution in [1.82, 2.24) is 10.3 Å². The molecule has 1 aromatic heterocycles. The standard InChI is InChI=1S/C24H26N4O3/c1-15-6-5-7-20(28-23(30)31-24(2,3)4)18-11-17(13-26-14-18)19-9-8-16(12-25)10-21(19)27-22(15)29/h5-6,8-11,13-15,20H,7H2,1-4H3,(H,27,29)(H,28,30)/t15-,20+/m1/s1. The lowest BCUT2D eigenvalue weighted by molar-refractivity contribution is -0.118. The number of hydrogen-bond donors (Lipinski definition) is 2. The summed E-state index contributed by atoms with van der Waals surface area (Å²) in [5, 5.41) is 15.1. The summed E-state index contributed by atoms with van der Waals surface area (Å²) in [4.78, 5) is 29.4. The quantitative estimate of drug-likeness (QED) is 0.652. The van der Waals surface area contributed by atoms with Gasteiger partial charge in [0.05, 0.1) is 23.6 Å². The zero-order valence-corrected chi connectivity index (χ0v) is 18.1. The number of rotatable bonds is 1. The van der Waals surface area contributed by atoms with E-state index in [9.17, 15) is 14.9 Å². The van der Waals surface area contributed by atoms with Crippen molar-refractivity contribution in [3.05, 3.63) is 59.9 Å². The molecule has 0 spiro atoms. The van der Waals surface area contributed by atoms with Crippen molar-refractivity contribution >= 4 is 17.7 Å². The topological polar surface area (TPSA) is 104 Å². The molecule has 2 amide bonds. The fourth-order valence-corrected chi connectivity index (χ4v) is 3.25. The van der Waals surface area contributed by atoms with Crippen LogP contribution in [0.15, 0.2) is 48.8 Å². The number of fused-ring (bicyclic) bond motifs is 4. The number of nitrogens with zero attached hydrogens (tertiary/aromatic N) is 2. The first-order valence-corrected chi connectivity index (χ1v) is 10.1. The zero-order chi connectivity index (χ0) is 22.6. The summed E-state index contributed by atoms with van der Waals surface area (Å²) in [5.74, 6) is -0.578. The lowest BCUT2D eigenvalue weighted by Crippen LogP contribution is -2.35. The van der Waals surface area contributed by atoms with Crippen LogP contribution < -0.4 is 10.6 Å². The van der Waals surface area contributed by atoms with Crippen molar-refractivity contribution in [2.45, 2.75) is 45.8 Å². The summed E-state index contributed by atoms with van der Waals surface area (Å²) < 4.78 is 5.42. The highest BCUT2D eigenvalue weighted by atomic mass is 16.6. The molecule has 0 saturated heterocycles. The molecular formula is C24H26N4O3. The van der Waals surface area contributed by atoms with E-state index in [1.165, 1.54) is 0 Å². The molecule has 0 unspecified atom stereocenters. The number of hydrogen-bond acceptors (Lipinski definition) is 5. The van der Waals surface area contributed by atoms with Crippen LogP contribution in [0.25, 0.3) is 11.1 Å². The van der Waals surface area contributed by atoms with Crippen LogP contribution in [-0.2, 0) is 9.53 Å². The molecule has 0 aliphatic carbocycles. The SMILES string of the molecule is C[C@@H]1C=CC[C@H](NC(=O)OC(C)(C)C)c2cncc(c2)-c2ccc(C#N)cc2NC1=O. The van der Waals surface area contributed by atoms with Crippen molar-refractivity contribution in [3.63, 3.8) is 0 Å². The highest BCUT2D eigenvalue weighted by molar-refractivity contribution is 5.97. The van der Waals surface area contributed by atoms with E-state index in [4.69, 9.17) is 4.74 Å². The van der Waals surface area contributed by atoms with Gasteiger partial charge in [-0.25, -0.2) is 4.79 Å². The van der Waals surface area contributed by atoms with E-state index in [1.54, 1.807) is 43.6 Å². The average Bonchev–Trinajstić information content (AvgIpc) is 2.71. The predicted molar refractivity (Wildman–Crippen MR) is 118 cm³/mol. The summed E-state index contributed by atoms with van der Waals surface area (Å²) in [6.07, 6.45) is 7.02. The first kappa shape index (κ1) is 22.0. The van der Waals surface area contributed by atoms with E-state index in [-0.39, 0.29) is 11.9 Å². The molecular weight excluding hydrogens is 392 g/mol. The number of benzene rings is 1. The summed E-state index contributed by atoms with van der Waals surface area (Å²) in [6.45, 7) is 7.22. The first-order chi connectivity index (χ1) is 14.7. The smallest absolute Gasteiger partial charge is 0.408 e. The van der Waals surface area contributed by atoms with Gasteiger partial charge < -0.3 is 15.4 Å². The molecule has 7 heteroatoms. The van der Waals surface area contributed by atoms with Gasteiger partial charge >= 0.3 is 6.09 Å². The van der Waals surface area contributed by atoms with Gasteiger partial charge in [-0.1, -0.05) is 25.1 Å². The van der Waals surface area contributed by atoms with Crippen LogP contribution >= 0.6 is 0 Å². The summed E-state index contributed by atoms with van der Waals surface area (Å²) in [6, 6.07) is 8.78. The Morgan fingerprint density at radius 3 is 2.77 bits per heavy atom. The largest absolute Gasteiger partial charge is 0.444 e. The maximum absolute atomic E-state index is 12.7. The van der Waals surface area contributed by atoms with E-state index >= 15 is 0 Å². The molecule has 0 fully saturated rings. The second-order valence-electron chi connectivity index (χ2n) is 8.52. The van der Waals surface area contributed by atoms with E-state index < -0.39 is 17.6 Å². The molecule has 0 radical (unpaired) electrons. The third kappa shape index (κ3) is 5.70. The Hall–Kier alpha value is -3.66. The fourth-order valence-electron chi connectivity index (χ4n) is 3.25. The van der Waals surface area contributed by atoms with Crippen LogP contribution in [0, 0.1) is 17.2 Å². The van der Waals surface area contributed by atoms with E-state index in [0.29, 0.717) is 17.7 Å². The molecule has 31 heavy (non-hydrogen) atoms. The normalized spacial score (nSPS) is 18.5. The average molecular weight is 418 g/mol. The second kappa shape index (κ2) is 9.00.